The molecule has 0 spiro atoms. The first-order valence-electron chi connectivity index (χ1n) is 12.3. The summed E-state index contributed by atoms with van der Waals surface area (Å²) in [6.07, 6.45) is 3.13. The van der Waals surface area contributed by atoms with E-state index in [0.717, 1.165) is 27.5 Å². The van der Waals surface area contributed by atoms with Gasteiger partial charge in [-0.05, 0) is 53.9 Å². The fraction of sp³-hybridized carbons (Fsp3) is 0.100. The number of carbonyl (C=O) groups is 2. The second-order valence-corrected chi connectivity index (χ2v) is 9.60. The number of hydrogen-bond acceptors (Lipinski definition) is 5. The molecule has 0 saturated carbocycles. The number of nitrogens with two attached hydrogens (primary N) is 1. The minimum atomic E-state index is -0.574. The van der Waals surface area contributed by atoms with Crippen molar-refractivity contribution in [3.05, 3.63) is 100 Å². The highest BCUT2D eigenvalue weighted by Crippen LogP contribution is 2.38. The van der Waals surface area contributed by atoms with Crippen molar-refractivity contribution < 1.29 is 9.59 Å². The average molecular weight is 517 g/mol. The van der Waals surface area contributed by atoms with Gasteiger partial charge in [0, 0.05) is 24.9 Å². The topological polar surface area (TPSA) is 127 Å². The van der Waals surface area contributed by atoms with Crippen LogP contribution in [0.5, 0.6) is 0 Å². The molecule has 0 saturated heterocycles. The van der Waals surface area contributed by atoms with Crippen molar-refractivity contribution in [3.8, 4) is 16.8 Å². The van der Waals surface area contributed by atoms with Gasteiger partial charge in [0.2, 0.25) is 0 Å². The summed E-state index contributed by atoms with van der Waals surface area (Å²) in [5, 5.41) is 2.00. The standard InChI is InChI=1S/C30H24N6O3/c1-16-17(8-6-10-25(16)36-15-33-22-9-5-4-7-19(22)29(36)38)18-11-12-20(28(31)37)27-26(18)21-13-23(30(39)35(2)3)32-14-24(21)34-27/h4-15,34H,1-3H3,(H2,31,37). The molecule has 39 heavy (non-hydrogen) atoms. The van der Waals surface area contributed by atoms with E-state index in [0.29, 0.717) is 33.2 Å². The Bertz CT molecular complexity index is 2040. The van der Waals surface area contributed by atoms with Gasteiger partial charge in [0.15, 0.2) is 0 Å². The summed E-state index contributed by atoms with van der Waals surface area (Å²) in [6.45, 7) is 1.94. The number of hydrogen-bond donors (Lipinski definition) is 2. The van der Waals surface area contributed by atoms with Crippen LogP contribution in [0.1, 0.15) is 26.4 Å². The Kier molecular flexibility index (Phi) is 5.50. The van der Waals surface area contributed by atoms with Gasteiger partial charge >= 0.3 is 0 Å². The van der Waals surface area contributed by atoms with Crippen LogP contribution in [-0.2, 0) is 0 Å². The number of H-pyrrole nitrogens is 1. The molecule has 6 aromatic rings. The zero-order valence-electron chi connectivity index (χ0n) is 21.5. The van der Waals surface area contributed by atoms with Gasteiger partial charge in [0.05, 0.1) is 39.4 Å². The lowest BCUT2D eigenvalue weighted by molar-refractivity contribution is 0.0822. The van der Waals surface area contributed by atoms with Crippen molar-refractivity contribution in [2.75, 3.05) is 14.1 Å². The van der Waals surface area contributed by atoms with Gasteiger partial charge in [0.1, 0.15) is 12.0 Å². The summed E-state index contributed by atoms with van der Waals surface area (Å²) in [5.41, 5.74) is 11.2. The van der Waals surface area contributed by atoms with Crippen LogP contribution in [0.2, 0.25) is 0 Å². The summed E-state index contributed by atoms with van der Waals surface area (Å²) in [5.74, 6) is -0.810. The molecule has 0 bridgehead atoms. The molecule has 3 aromatic carbocycles. The van der Waals surface area contributed by atoms with Gasteiger partial charge in [-0.15, -0.1) is 0 Å². The first-order chi connectivity index (χ1) is 18.8. The molecule has 0 unspecified atom stereocenters. The lowest BCUT2D eigenvalue weighted by Gasteiger charge is -2.15. The molecule has 0 aliphatic heterocycles. The highest BCUT2D eigenvalue weighted by Gasteiger charge is 2.21. The van der Waals surface area contributed by atoms with Crippen molar-refractivity contribution in [3.63, 3.8) is 0 Å². The van der Waals surface area contributed by atoms with Crippen LogP contribution < -0.4 is 11.3 Å². The maximum Gasteiger partial charge on any atom is 0.271 e. The van der Waals surface area contributed by atoms with E-state index in [9.17, 15) is 14.4 Å². The monoisotopic (exact) mass is 516 g/mol. The molecule has 3 N–H and O–H groups in total. The number of benzene rings is 3. The lowest BCUT2D eigenvalue weighted by Crippen LogP contribution is -2.22. The van der Waals surface area contributed by atoms with E-state index in [4.69, 9.17) is 5.73 Å². The van der Waals surface area contributed by atoms with E-state index in [2.05, 4.69) is 15.0 Å². The molecule has 9 nitrogen and oxygen atoms in total. The predicted octanol–water partition coefficient (Wildman–Crippen LogP) is 4.19. The van der Waals surface area contributed by atoms with Crippen LogP contribution in [0, 0.1) is 6.92 Å². The third kappa shape index (κ3) is 3.74. The minimum absolute atomic E-state index is 0.167. The van der Waals surface area contributed by atoms with Crippen LogP contribution in [0.15, 0.2) is 78.0 Å². The number of aromatic amines is 1. The molecule has 9 heteroatoms. The Morgan fingerprint density at radius 2 is 1.74 bits per heavy atom. The maximum atomic E-state index is 13.4. The third-order valence-electron chi connectivity index (χ3n) is 7.05. The number of nitrogens with one attached hydrogen (secondary N) is 1. The van der Waals surface area contributed by atoms with Gasteiger partial charge in [-0.3, -0.25) is 19.0 Å². The zero-order chi connectivity index (χ0) is 27.4. The maximum absolute atomic E-state index is 13.4. The Hall–Kier alpha value is -5.31. The molecule has 2 amide bonds. The van der Waals surface area contributed by atoms with Gasteiger partial charge in [-0.2, -0.15) is 0 Å². The van der Waals surface area contributed by atoms with E-state index in [1.54, 1.807) is 49.4 Å². The highest BCUT2D eigenvalue weighted by atomic mass is 16.2. The number of primary amides is 1. The first kappa shape index (κ1) is 24.1. The van der Waals surface area contributed by atoms with E-state index in [-0.39, 0.29) is 17.2 Å². The number of para-hydroxylation sites is 1. The Balaban J connectivity index is 1.64. The average Bonchev–Trinajstić information content (AvgIpc) is 3.32. The molecular formula is C30H24N6O3. The number of carbonyl (C=O) groups excluding carboxylic acids is 2. The zero-order valence-corrected chi connectivity index (χ0v) is 21.5. The van der Waals surface area contributed by atoms with Gasteiger partial charge in [-0.1, -0.05) is 30.3 Å². The molecule has 0 aliphatic rings. The second-order valence-electron chi connectivity index (χ2n) is 9.60. The quantitative estimate of drug-likeness (QED) is 0.363. The number of rotatable bonds is 4. The number of pyridine rings is 1. The summed E-state index contributed by atoms with van der Waals surface area (Å²) in [6, 6.07) is 18.2. The number of nitrogens with zero attached hydrogens (tertiary/aromatic N) is 4. The van der Waals surface area contributed by atoms with E-state index >= 15 is 0 Å². The molecule has 0 atom stereocenters. The van der Waals surface area contributed by atoms with Crippen molar-refractivity contribution in [2.45, 2.75) is 6.92 Å². The van der Waals surface area contributed by atoms with Gasteiger partial charge < -0.3 is 15.6 Å². The Morgan fingerprint density at radius 3 is 2.51 bits per heavy atom. The molecule has 0 aliphatic carbocycles. The number of fused-ring (bicyclic) bond motifs is 4. The smallest absolute Gasteiger partial charge is 0.271 e. The normalized spacial score (nSPS) is 11.4. The molecule has 0 fully saturated rings. The largest absolute Gasteiger partial charge is 0.366 e. The van der Waals surface area contributed by atoms with E-state index in [1.807, 2.05) is 49.4 Å². The molecule has 0 radical (unpaired) electrons. The fourth-order valence-electron chi connectivity index (χ4n) is 5.10. The lowest BCUT2D eigenvalue weighted by atomic mass is 9.93. The predicted molar refractivity (Wildman–Crippen MR) is 151 cm³/mol. The van der Waals surface area contributed by atoms with Crippen LogP contribution in [0.4, 0.5) is 0 Å². The summed E-state index contributed by atoms with van der Waals surface area (Å²) >= 11 is 0. The summed E-state index contributed by atoms with van der Waals surface area (Å²) in [4.78, 5) is 51.9. The number of aromatic nitrogens is 4. The van der Waals surface area contributed by atoms with E-state index < -0.39 is 5.91 Å². The van der Waals surface area contributed by atoms with Crippen LogP contribution in [-0.4, -0.2) is 50.3 Å². The Labute approximate surface area is 222 Å². The van der Waals surface area contributed by atoms with Gasteiger partial charge in [-0.25, -0.2) is 9.97 Å². The Morgan fingerprint density at radius 1 is 0.949 bits per heavy atom. The second kappa shape index (κ2) is 8.91. The van der Waals surface area contributed by atoms with Crippen molar-refractivity contribution >= 4 is 44.5 Å². The molecular weight excluding hydrogens is 492 g/mol. The van der Waals surface area contributed by atoms with Crippen LogP contribution in [0.3, 0.4) is 0 Å². The molecule has 6 rings (SSSR count). The summed E-state index contributed by atoms with van der Waals surface area (Å²) in [7, 11) is 3.33. The van der Waals surface area contributed by atoms with E-state index in [1.165, 1.54) is 4.90 Å². The van der Waals surface area contributed by atoms with Crippen molar-refractivity contribution in [1.82, 2.24) is 24.4 Å². The van der Waals surface area contributed by atoms with Gasteiger partial charge in [0.25, 0.3) is 17.4 Å². The highest BCUT2D eigenvalue weighted by molar-refractivity contribution is 6.20. The summed E-state index contributed by atoms with van der Waals surface area (Å²) < 4.78 is 1.54. The molecule has 192 valence electrons. The van der Waals surface area contributed by atoms with Crippen LogP contribution >= 0.6 is 0 Å². The third-order valence-corrected chi connectivity index (χ3v) is 7.05. The minimum Gasteiger partial charge on any atom is -0.366 e. The van der Waals surface area contributed by atoms with Crippen LogP contribution in [0.25, 0.3) is 49.5 Å². The van der Waals surface area contributed by atoms with Crippen molar-refractivity contribution in [1.29, 1.82) is 0 Å². The van der Waals surface area contributed by atoms with Crippen molar-refractivity contribution in [2.24, 2.45) is 5.73 Å². The number of amides is 2. The SMILES string of the molecule is Cc1c(-c2ccc(C(N)=O)c3[nH]c4cnc(C(=O)N(C)C)cc4c23)cccc1-n1cnc2ccccc2c1=O. The molecule has 3 heterocycles. The first-order valence-corrected chi connectivity index (χ1v) is 12.3. The fourth-order valence-corrected chi connectivity index (χ4v) is 5.10. The molecule has 3 aromatic heterocycles.